The molecule has 142 valence electrons. The third-order valence-corrected chi connectivity index (χ3v) is 6.06. The number of rotatable bonds is 5. The lowest BCUT2D eigenvalue weighted by atomic mass is 9.93. The molecule has 0 aliphatic rings. The molecule has 0 unspecified atom stereocenters. The highest BCUT2D eigenvalue weighted by molar-refractivity contribution is 7.89. The molecule has 2 aromatic rings. The highest BCUT2D eigenvalue weighted by Crippen LogP contribution is 2.27. The van der Waals surface area contributed by atoms with Crippen LogP contribution in [-0.4, -0.2) is 25.4 Å². The Morgan fingerprint density at radius 1 is 1.23 bits per heavy atom. The Balaban J connectivity index is 2.29. The number of benzene rings is 1. The minimum absolute atomic E-state index is 0.0662. The number of hydrogen-bond acceptors (Lipinski definition) is 5. The van der Waals surface area contributed by atoms with Gasteiger partial charge in [0.2, 0.25) is 10.0 Å². The van der Waals surface area contributed by atoms with Gasteiger partial charge in [0, 0.05) is 22.4 Å². The fourth-order valence-corrected chi connectivity index (χ4v) is 4.44. The van der Waals surface area contributed by atoms with E-state index in [1.165, 1.54) is 23.5 Å². The minimum Gasteiger partial charge on any atom is -0.298 e. The van der Waals surface area contributed by atoms with Gasteiger partial charge in [0.1, 0.15) is 0 Å². The predicted molar refractivity (Wildman–Crippen MR) is 105 cm³/mol. The van der Waals surface area contributed by atoms with E-state index in [9.17, 15) is 13.2 Å². The van der Waals surface area contributed by atoms with Gasteiger partial charge in [0.25, 0.3) is 5.91 Å². The average molecular weight is 396 g/mol. The lowest BCUT2D eigenvalue weighted by Crippen LogP contribution is -2.30. The molecule has 0 aliphatic heterocycles. The normalized spacial score (nSPS) is 12.4. The molecule has 0 aliphatic carbocycles. The number of nitrogens with one attached hydrogen (secondary N) is 2. The van der Waals surface area contributed by atoms with Crippen molar-refractivity contribution in [2.45, 2.75) is 57.9 Å². The number of sulfonamides is 1. The monoisotopic (exact) mass is 395 g/mol. The molecule has 0 fully saturated rings. The molecule has 8 heteroatoms. The SMILES string of the molecule is Cc1ccc(S(=O)(=O)NC(C)C)cc1C(=O)Nc1nc(C(C)(C)C)cs1. The van der Waals surface area contributed by atoms with Crippen LogP contribution in [0.3, 0.4) is 0 Å². The first kappa shape index (κ1) is 20.5. The van der Waals surface area contributed by atoms with Crippen LogP contribution < -0.4 is 10.0 Å². The Hall–Kier alpha value is -1.77. The van der Waals surface area contributed by atoms with E-state index in [-0.39, 0.29) is 22.3 Å². The van der Waals surface area contributed by atoms with E-state index in [0.717, 1.165) is 5.69 Å². The van der Waals surface area contributed by atoms with Crippen LogP contribution in [0.5, 0.6) is 0 Å². The van der Waals surface area contributed by atoms with Crippen molar-refractivity contribution in [2.75, 3.05) is 5.32 Å². The maximum atomic E-state index is 12.6. The quantitative estimate of drug-likeness (QED) is 0.808. The van der Waals surface area contributed by atoms with E-state index in [4.69, 9.17) is 0 Å². The maximum Gasteiger partial charge on any atom is 0.257 e. The van der Waals surface area contributed by atoms with Crippen molar-refractivity contribution in [2.24, 2.45) is 0 Å². The van der Waals surface area contributed by atoms with Gasteiger partial charge in [-0.15, -0.1) is 11.3 Å². The first-order valence-electron chi connectivity index (χ1n) is 8.30. The lowest BCUT2D eigenvalue weighted by Gasteiger charge is -2.14. The van der Waals surface area contributed by atoms with Crippen molar-refractivity contribution in [1.29, 1.82) is 0 Å². The molecule has 0 atom stereocenters. The molecule has 0 spiro atoms. The van der Waals surface area contributed by atoms with E-state index >= 15 is 0 Å². The predicted octanol–water partition coefficient (Wildman–Crippen LogP) is 3.69. The maximum absolute atomic E-state index is 12.6. The zero-order valence-electron chi connectivity index (χ0n) is 15.9. The number of amides is 1. The Morgan fingerprint density at radius 2 is 1.88 bits per heavy atom. The van der Waals surface area contributed by atoms with Crippen LogP contribution in [0, 0.1) is 6.92 Å². The number of carbonyl (C=O) groups is 1. The van der Waals surface area contributed by atoms with Crippen LogP contribution >= 0.6 is 11.3 Å². The second-order valence-electron chi connectivity index (χ2n) is 7.49. The first-order valence-corrected chi connectivity index (χ1v) is 10.7. The molecular formula is C18H25N3O3S2. The summed E-state index contributed by atoms with van der Waals surface area (Å²) in [5.74, 6) is -0.376. The molecule has 0 saturated heterocycles. The van der Waals surface area contributed by atoms with E-state index in [1.807, 2.05) is 26.2 Å². The number of hydrogen-bond donors (Lipinski definition) is 2. The highest BCUT2D eigenvalue weighted by Gasteiger charge is 2.21. The summed E-state index contributed by atoms with van der Waals surface area (Å²) in [5.41, 5.74) is 1.79. The largest absolute Gasteiger partial charge is 0.298 e. The van der Waals surface area contributed by atoms with Crippen LogP contribution in [0.4, 0.5) is 5.13 Å². The Labute approximate surface area is 159 Å². The van der Waals surface area contributed by atoms with E-state index in [1.54, 1.807) is 26.8 Å². The summed E-state index contributed by atoms with van der Waals surface area (Å²) in [6.07, 6.45) is 0. The van der Waals surface area contributed by atoms with Crippen molar-refractivity contribution >= 4 is 32.4 Å². The summed E-state index contributed by atoms with van der Waals surface area (Å²) in [6.45, 7) is 11.4. The van der Waals surface area contributed by atoms with Gasteiger partial charge < -0.3 is 0 Å². The van der Waals surface area contributed by atoms with Crippen molar-refractivity contribution < 1.29 is 13.2 Å². The molecule has 2 N–H and O–H groups in total. The molecule has 0 radical (unpaired) electrons. The molecule has 0 bridgehead atoms. The lowest BCUT2D eigenvalue weighted by molar-refractivity contribution is 0.102. The summed E-state index contributed by atoms with van der Waals surface area (Å²) in [6, 6.07) is 4.29. The molecule has 1 heterocycles. The summed E-state index contributed by atoms with van der Waals surface area (Å²) in [4.78, 5) is 17.1. The number of anilines is 1. The average Bonchev–Trinajstić information content (AvgIpc) is 2.94. The van der Waals surface area contributed by atoms with Crippen molar-refractivity contribution in [3.63, 3.8) is 0 Å². The van der Waals surface area contributed by atoms with Gasteiger partial charge >= 0.3 is 0 Å². The van der Waals surface area contributed by atoms with E-state index < -0.39 is 10.0 Å². The topological polar surface area (TPSA) is 88.2 Å². The zero-order chi connectivity index (χ0) is 19.7. The van der Waals surface area contributed by atoms with Gasteiger partial charge in [0.15, 0.2) is 5.13 Å². The Kier molecular flexibility index (Phi) is 5.89. The van der Waals surface area contributed by atoms with Gasteiger partial charge in [-0.25, -0.2) is 18.1 Å². The van der Waals surface area contributed by atoms with Crippen LogP contribution in [0.1, 0.15) is 56.2 Å². The van der Waals surface area contributed by atoms with Gasteiger partial charge in [-0.3, -0.25) is 10.1 Å². The summed E-state index contributed by atoms with van der Waals surface area (Å²) in [7, 11) is -3.66. The van der Waals surface area contributed by atoms with Gasteiger partial charge in [-0.1, -0.05) is 26.8 Å². The van der Waals surface area contributed by atoms with E-state index in [2.05, 4.69) is 15.0 Å². The second-order valence-corrected chi connectivity index (χ2v) is 10.1. The fraction of sp³-hybridized carbons (Fsp3) is 0.444. The Bertz CT molecular complexity index is 910. The van der Waals surface area contributed by atoms with Crippen LogP contribution in [-0.2, 0) is 15.4 Å². The summed E-state index contributed by atoms with van der Waals surface area (Å²) >= 11 is 1.35. The molecule has 1 aromatic heterocycles. The van der Waals surface area contributed by atoms with Crippen LogP contribution in [0.25, 0.3) is 0 Å². The number of thiazole rings is 1. The third-order valence-electron chi connectivity index (χ3n) is 3.65. The zero-order valence-corrected chi connectivity index (χ0v) is 17.5. The second kappa shape index (κ2) is 7.46. The molecule has 1 aromatic carbocycles. The molecule has 1 amide bonds. The van der Waals surface area contributed by atoms with Crippen LogP contribution in [0.2, 0.25) is 0 Å². The number of aryl methyl sites for hydroxylation is 1. The van der Waals surface area contributed by atoms with Crippen LogP contribution in [0.15, 0.2) is 28.5 Å². The minimum atomic E-state index is -3.66. The van der Waals surface area contributed by atoms with Crippen molar-refractivity contribution in [3.05, 3.63) is 40.4 Å². The third kappa shape index (κ3) is 4.90. The van der Waals surface area contributed by atoms with Crippen molar-refractivity contribution in [1.82, 2.24) is 9.71 Å². The smallest absolute Gasteiger partial charge is 0.257 e. The van der Waals surface area contributed by atoms with Gasteiger partial charge in [-0.2, -0.15) is 0 Å². The number of carbonyl (C=O) groups excluding carboxylic acids is 1. The standard InChI is InChI=1S/C18H25N3O3S2/c1-11(2)21-26(23,24)13-8-7-12(3)14(9-13)16(22)20-17-19-15(10-25-17)18(4,5)6/h7-11,21H,1-6H3,(H,19,20,22). The molecule has 2 rings (SSSR count). The fourth-order valence-electron chi connectivity index (χ4n) is 2.23. The Morgan fingerprint density at radius 3 is 2.42 bits per heavy atom. The summed E-state index contributed by atoms with van der Waals surface area (Å²) < 4.78 is 27.2. The molecular weight excluding hydrogens is 370 g/mol. The molecule has 6 nitrogen and oxygen atoms in total. The summed E-state index contributed by atoms with van der Waals surface area (Å²) in [5, 5.41) is 5.17. The molecule has 26 heavy (non-hydrogen) atoms. The molecule has 0 saturated carbocycles. The number of nitrogens with zero attached hydrogens (tertiary/aromatic N) is 1. The van der Waals surface area contributed by atoms with Gasteiger partial charge in [-0.05, 0) is 38.5 Å². The number of aromatic nitrogens is 1. The van der Waals surface area contributed by atoms with Gasteiger partial charge in [0.05, 0.1) is 10.6 Å². The highest BCUT2D eigenvalue weighted by atomic mass is 32.2. The van der Waals surface area contributed by atoms with E-state index in [0.29, 0.717) is 16.3 Å². The van der Waals surface area contributed by atoms with Crippen molar-refractivity contribution in [3.8, 4) is 0 Å². The first-order chi connectivity index (χ1) is 11.9.